The Balaban J connectivity index is 1.58. The number of benzene rings is 2. The summed E-state index contributed by atoms with van der Waals surface area (Å²) in [6, 6.07) is 15.3. The highest BCUT2D eigenvalue weighted by Gasteiger charge is 2.29. The van der Waals surface area contributed by atoms with Gasteiger partial charge in [0.2, 0.25) is 0 Å². The zero-order valence-corrected chi connectivity index (χ0v) is 18.2. The number of nitrogens with zero attached hydrogens (tertiary/aromatic N) is 2. The Hall–Kier alpha value is -1.95. The Morgan fingerprint density at radius 2 is 1.83 bits per heavy atom. The normalized spacial score (nSPS) is 17.2. The van der Waals surface area contributed by atoms with Gasteiger partial charge in [0.05, 0.1) is 5.02 Å². The van der Waals surface area contributed by atoms with Gasteiger partial charge in [0.1, 0.15) is 17.0 Å². The second-order valence-electron chi connectivity index (χ2n) is 6.90. The zero-order valence-electron chi connectivity index (χ0n) is 15.9. The number of aromatic nitrogens is 1. The Labute approximate surface area is 184 Å². The molecule has 0 bridgehead atoms. The number of hydrogen-bond acceptors (Lipinski definition) is 4. The average molecular weight is 447 g/mol. The molecule has 1 saturated heterocycles. The van der Waals surface area contributed by atoms with Crippen LogP contribution < -0.4 is 0 Å². The van der Waals surface area contributed by atoms with Crippen molar-refractivity contribution >= 4 is 40.9 Å². The molecule has 0 N–H and O–H groups in total. The fraction of sp³-hybridized carbons (Fsp3) is 0.273. The van der Waals surface area contributed by atoms with Crippen molar-refractivity contribution in [3.05, 3.63) is 75.5 Å². The van der Waals surface area contributed by atoms with Crippen LogP contribution in [0.25, 0.3) is 11.3 Å². The van der Waals surface area contributed by atoms with Crippen LogP contribution in [0.3, 0.4) is 0 Å². The maximum Gasteiger partial charge on any atom is 0.259 e. The summed E-state index contributed by atoms with van der Waals surface area (Å²) in [5.41, 5.74) is 2.82. The molecule has 1 aliphatic rings. The van der Waals surface area contributed by atoms with Gasteiger partial charge in [-0.15, -0.1) is 0 Å². The van der Waals surface area contributed by atoms with Gasteiger partial charge in [-0.3, -0.25) is 4.79 Å². The number of carbonyl (C=O) groups is 1. The quantitative estimate of drug-likeness (QED) is 0.474. The van der Waals surface area contributed by atoms with Gasteiger partial charge in [-0.05, 0) is 31.0 Å². The Morgan fingerprint density at radius 1 is 1.10 bits per heavy atom. The first-order valence-corrected chi connectivity index (χ1v) is 11.2. The molecular formula is C22H20Cl2N2O2S. The van der Waals surface area contributed by atoms with E-state index >= 15 is 0 Å². The SMILES string of the molecule is Cc1onc(-c2ccccc2Cl)c1C(=O)N1CCSC(c2ccccc2Cl)CC1. The lowest BCUT2D eigenvalue weighted by atomic mass is 10.0. The van der Waals surface area contributed by atoms with Gasteiger partial charge in [0.15, 0.2) is 0 Å². The molecule has 1 fully saturated rings. The summed E-state index contributed by atoms with van der Waals surface area (Å²) >= 11 is 14.6. The summed E-state index contributed by atoms with van der Waals surface area (Å²) in [5.74, 6) is 1.27. The van der Waals surface area contributed by atoms with E-state index in [-0.39, 0.29) is 11.2 Å². The minimum Gasteiger partial charge on any atom is -0.360 e. The topological polar surface area (TPSA) is 46.3 Å². The van der Waals surface area contributed by atoms with Crippen LogP contribution in [0.5, 0.6) is 0 Å². The number of hydrogen-bond donors (Lipinski definition) is 0. The summed E-state index contributed by atoms with van der Waals surface area (Å²) in [6.45, 7) is 3.07. The molecule has 1 unspecified atom stereocenters. The van der Waals surface area contributed by atoms with E-state index in [0.29, 0.717) is 40.7 Å². The van der Waals surface area contributed by atoms with Crippen molar-refractivity contribution in [2.45, 2.75) is 18.6 Å². The number of carbonyl (C=O) groups excluding carboxylic acids is 1. The molecule has 1 atom stereocenters. The van der Waals surface area contributed by atoms with Crippen molar-refractivity contribution in [2.75, 3.05) is 18.8 Å². The van der Waals surface area contributed by atoms with Gasteiger partial charge in [0.25, 0.3) is 5.91 Å². The summed E-state index contributed by atoms with van der Waals surface area (Å²) in [4.78, 5) is 15.3. The maximum atomic E-state index is 13.4. The molecule has 3 aromatic rings. The van der Waals surface area contributed by atoms with E-state index < -0.39 is 0 Å². The van der Waals surface area contributed by atoms with Crippen molar-refractivity contribution in [2.24, 2.45) is 0 Å². The van der Waals surface area contributed by atoms with E-state index in [4.69, 9.17) is 27.7 Å². The van der Waals surface area contributed by atoms with E-state index in [2.05, 4.69) is 11.2 Å². The molecule has 29 heavy (non-hydrogen) atoms. The lowest BCUT2D eigenvalue weighted by Crippen LogP contribution is -2.33. The lowest BCUT2D eigenvalue weighted by molar-refractivity contribution is 0.0765. The fourth-order valence-corrected chi connectivity index (χ4v) is 5.40. The van der Waals surface area contributed by atoms with Gasteiger partial charge in [-0.2, -0.15) is 11.8 Å². The van der Waals surface area contributed by atoms with E-state index in [9.17, 15) is 4.79 Å². The van der Waals surface area contributed by atoms with Crippen LogP contribution in [0.4, 0.5) is 0 Å². The first-order valence-electron chi connectivity index (χ1n) is 9.42. The van der Waals surface area contributed by atoms with Crippen LogP contribution in [0.1, 0.15) is 33.4 Å². The molecule has 4 nitrogen and oxygen atoms in total. The molecule has 0 saturated carbocycles. The molecular weight excluding hydrogens is 427 g/mol. The van der Waals surface area contributed by atoms with Gasteiger partial charge in [-0.1, -0.05) is 64.8 Å². The van der Waals surface area contributed by atoms with Crippen molar-refractivity contribution in [3.63, 3.8) is 0 Å². The Bertz CT molecular complexity index is 1040. The van der Waals surface area contributed by atoms with Crippen LogP contribution in [-0.4, -0.2) is 34.8 Å². The van der Waals surface area contributed by atoms with E-state index in [1.807, 2.05) is 53.1 Å². The standard InChI is InChI=1S/C22H20Cl2N2O2S/c1-14-20(21(25-28-14)16-7-3-5-9-18(16)24)22(27)26-11-10-19(29-13-12-26)15-6-2-4-8-17(15)23/h2-9,19H,10-13H2,1H3. The predicted octanol–water partition coefficient (Wildman–Crippen LogP) is 6.28. The highest BCUT2D eigenvalue weighted by Crippen LogP contribution is 2.38. The molecule has 7 heteroatoms. The number of aryl methyl sites for hydroxylation is 1. The number of amides is 1. The largest absolute Gasteiger partial charge is 0.360 e. The number of halogens is 2. The van der Waals surface area contributed by atoms with Gasteiger partial charge in [-0.25, -0.2) is 0 Å². The smallest absolute Gasteiger partial charge is 0.259 e. The second kappa shape index (κ2) is 8.82. The van der Waals surface area contributed by atoms with Crippen molar-refractivity contribution in [1.29, 1.82) is 0 Å². The van der Waals surface area contributed by atoms with Crippen LogP contribution in [0.2, 0.25) is 10.0 Å². The van der Waals surface area contributed by atoms with Crippen LogP contribution in [0, 0.1) is 6.92 Å². The fourth-order valence-electron chi connectivity index (χ4n) is 3.58. The third kappa shape index (κ3) is 4.18. The lowest BCUT2D eigenvalue weighted by Gasteiger charge is -2.20. The number of rotatable bonds is 3. The first-order chi connectivity index (χ1) is 14.1. The average Bonchev–Trinajstić information content (AvgIpc) is 2.94. The van der Waals surface area contributed by atoms with Crippen molar-refractivity contribution in [1.82, 2.24) is 10.1 Å². The highest BCUT2D eigenvalue weighted by molar-refractivity contribution is 7.99. The number of thioether (sulfide) groups is 1. The van der Waals surface area contributed by atoms with E-state index in [1.54, 1.807) is 13.0 Å². The minimum absolute atomic E-state index is 0.0703. The third-order valence-electron chi connectivity index (χ3n) is 5.09. The molecule has 1 amide bonds. The summed E-state index contributed by atoms with van der Waals surface area (Å²) < 4.78 is 5.38. The predicted molar refractivity (Wildman–Crippen MR) is 119 cm³/mol. The maximum absolute atomic E-state index is 13.4. The molecule has 0 aliphatic carbocycles. The molecule has 0 radical (unpaired) electrons. The molecule has 1 aromatic heterocycles. The highest BCUT2D eigenvalue weighted by atomic mass is 35.5. The molecule has 150 valence electrons. The molecule has 2 heterocycles. The van der Waals surface area contributed by atoms with E-state index in [0.717, 1.165) is 22.8 Å². The molecule has 0 spiro atoms. The molecule has 4 rings (SSSR count). The summed E-state index contributed by atoms with van der Waals surface area (Å²) in [6.07, 6.45) is 0.839. The van der Waals surface area contributed by atoms with Gasteiger partial charge >= 0.3 is 0 Å². The summed E-state index contributed by atoms with van der Waals surface area (Å²) in [5, 5.41) is 5.72. The Morgan fingerprint density at radius 3 is 2.59 bits per heavy atom. The van der Waals surface area contributed by atoms with Crippen LogP contribution in [0.15, 0.2) is 53.1 Å². The van der Waals surface area contributed by atoms with Crippen molar-refractivity contribution < 1.29 is 9.32 Å². The van der Waals surface area contributed by atoms with Gasteiger partial charge in [0, 0.05) is 34.7 Å². The molecule has 1 aliphatic heterocycles. The molecule has 2 aromatic carbocycles. The van der Waals surface area contributed by atoms with Crippen LogP contribution >= 0.6 is 35.0 Å². The van der Waals surface area contributed by atoms with Gasteiger partial charge < -0.3 is 9.42 Å². The van der Waals surface area contributed by atoms with E-state index in [1.165, 1.54) is 0 Å². The zero-order chi connectivity index (χ0) is 20.4. The Kier molecular flexibility index (Phi) is 6.18. The minimum atomic E-state index is -0.0703. The van der Waals surface area contributed by atoms with Crippen LogP contribution in [-0.2, 0) is 0 Å². The third-order valence-corrected chi connectivity index (χ3v) is 7.07. The first kappa shape index (κ1) is 20.3. The second-order valence-corrected chi connectivity index (χ2v) is 9.03. The monoisotopic (exact) mass is 446 g/mol. The summed E-state index contributed by atoms with van der Waals surface area (Å²) in [7, 11) is 0. The van der Waals surface area contributed by atoms with Crippen molar-refractivity contribution in [3.8, 4) is 11.3 Å².